The van der Waals surface area contributed by atoms with Gasteiger partial charge < -0.3 is 0 Å². The van der Waals surface area contributed by atoms with Crippen molar-refractivity contribution in [1.29, 1.82) is 0 Å². The second-order valence-electron chi connectivity index (χ2n) is 3.51. The molecule has 1 heterocycles. The zero-order chi connectivity index (χ0) is 13.2. The molecule has 2 N–H and O–H groups in total. The van der Waals surface area contributed by atoms with E-state index in [0.29, 0.717) is 5.39 Å². The fourth-order valence-electron chi connectivity index (χ4n) is 1.33. The van der Waals surface area contributed by atoms with E-state index < -0.39 is 18.7 Å². The quantitative estimate of drug-likeness (QED) is 0.826. The molecule has 1 aromatic heterocycles. The Morgan fingerprint density at radius 2 is 2.22 bits per heavy atom. The molecule has 2 rings (SSSR count). The van der Waals surface area contributed by atoms with Crippen molar-refractivity contribution in [2.24, 2.45) is 0 Å². The molecule has 0 atom stereocenters. The molecule has 96 valence electrons. The molecule has 0 aliphatic rings. The second kappa shape index (κ2) is 4.65. The Morgan fingerprint density at radius 3 is 2.94 bits per heavy atom. The van der Waals surface area contributed by atoms with Gasteiger partial charge in [-0.25, -0.2) is 5.48 Å². The number of aromatic nitrogens is 2. The van der Waals surface area contributed by atoms with Crippen LogP contribution in [0, 0.1) is 0 Å². The summed E-state index contributed by atoms with van der Waals surface area (Å²) in [5.41, 5.74) is 2.63. The third-order valence-corrected chi connectivity index (χ3v) is 2.10. The molecule has 2 aromatic rings. The largest absolute Gasteiger partial charge is 0.414 e. The minimum absolute atomic E-state index is 0.186. The van der Waals surface area contributed by atoms with Gasteiger partial charge >= 0.3 is 6.18 Å². The van der Waals surface area contributed by atoms with Crippen LogP contribution in [-0.2, 0) is 4.84 Å². The maximum Gasteiger partial charge on any atom is 0.414 e. The van der Waals surface area contributed by atoms with Crippen molar-refractivity contribution in [3.05, 3.63) is 30.0 Å². The van der Waals surface area contributed by atoms with Crippen molar-refractivity contribution >= 4 is 16.8 Å². The van der Waals surface area contributed by atoms with Crippen molar-refractivity contribution in [1.82, 2.24) is 15.7 Å². The number of hydrogen-bond acceptors (Lipinski definition) is 3. The summed E-state index contributed by atoms with van der Waals surface area (Å²) >= 11 is 0. The Kier molecular flexibility index (Phi) is 3.19. The van der Waals surface area contributed by atoms with E-state index >= 15 is 0 Å². The monoisotopic (exact) mass is 259 g/mol. The van der Waals surface area contributed by atoms with Crippen LogP contribution < -0.4 is 5.48 Å². The molecule has 1 amide bonds. The average Bonchev–Trinajstić information content (AvgIpc) is 2.73. The van der Waals surface area contributed by atoms with E-state index in [2.05, 4.69) is 15.0 Å². The summed E-state index contributed by atoms with van der Waals surface area (Å²) in [4.78, 5) is 15.5. The molecule has 8 heteroatoms. The number of hydrogen-bond donors (Lipinski definition) is 2. The van der Waals surface area contributed by atoms with Gasteiger partial charge in [0, 0.05) is 10.9 Å². The van der Waals surface area contributed by atoms with Gasteiger partial charge in [0.05, 0.1) is 11.7 Å². The summed E-state index contributed by atoms with van der Waals surface area (Å²) in [6, 6.07) is 4.54. The predicted octanol–water partition coefficient (Wildman–Crippen LogP) is 1.79. The highest BCUT2D eigenvalue weighted by Gasteiger charge is 2.28. The highest BCUT2D eigenvalue weighted by Crippen LogP contribution is 2.15. The van der Waals surface area contributed by atoms with Crippen LogP contribution in [-0.4, -0.2) is 28.9 Å². The van der Waals surface area contributed by atoms with Gasteiger partial charge in [-0.1, -0.05) is 0 Å². The van der Waals surface area contributed by atoms with Crippen molar-refractivity contribution in [2.45, 2.75) is 6.18 Å². The number of benzene rings is 1. The average molecular weight is 259 g/mol. The lowest BCUT2D eigenvalue weighted by Crippen LogP contribution is -2.29. The molecular weight excluding hydrogens is 251 g/mol. The summed E-state index contributed by atoms with van der Waals surface area (Å²) in [6.07, 6.45) is -2.98. The zero-order valence-corrected chi connectivity index (χ0v) is 8.91. The van der Waals surface area contributed by atoms with Gasteiger partial charge in [-0.05, 0) is 18.2 Å². The first-order valence-corrected chi connectivity index (χ1v) is 4.88. The van der Waals surface area contributed by atoms with E-state index in [4.69, 9.17) is 0 Å². The molecule has 18 heavy (non-hydrogen) atoms. The smallest absolute Gasteiger partial charge is 0.278 e. The number of halogens is 3. The molecular formula is C10H8F3N3O2. The topological polar surface area (TPSA) is 67.0 Å². The highest BCUT2D eigenvalue weighted by atomic mass is 19.4. The van der Waals surface area contributed by atoms with E-state index in [1.165, 1.54) is 18.3 Å². The first-order chi connectivity index (χ1) is 8.46. The Morgan fingerprint density at radius 1 is 1.44 bits per heavy atom. The molecule has 1 aromatic carbocycles. The molecule has 0 fully saturated rings. The molecule has 0 radical (unpaired) electrons. The van der Waals surface area contributed by atoms with Gasteiger partial charge in [0.15, 0.2) is 6.61 Å². The van der Waals surface area contributed by atoms with Crippen LogP contribution in [0.4, 0.5) is 13.2 Å². The van der Waals surface area contributed by atoms with Crippen LogP contribution >= 0.6 is 0 Å². The van der Waals surface area contributed by atoms with Gasteiger partial charge in [0.1, 0.15) is 0 Å². The van der Waals surface area contributed by atoms with E-state index in [0.717, 1.165) is 5.52 Å². The van der Waals surface area contributed by atoms with Crippen LogP contribution in [0.25, 0.3) is 10.9 Å². The minimum atomic E-state index is -4.48. The number of amides is 1. The highest BCUT2D eigenvalue weighted by molar-refractivity contribution is 5.97. The number of H-pyrrole nitrogens is 1. The summed E-state index contributed by atoms with van der Waals surface area (Å²) in [7, 11) is 0. The van der Waals surface area contributed by atoms with Crippen LogP contribution in [0.1, 0.15) is 10.4 Å². The predicted molar refractivity (Wildman–Crippen MR) is 55.6 cm³/mol. The van der Waals surface area contributed by atoms with Gasteiger partial charge in [0.2, 0.25) is 0 Å². The first kappa shape index (κ1) is 12.4. The van der Waals surface area contributed by atoms with Gasteiger partial charge in [-0.3, -0.25) is 14.7 Å². The number of fused-ring (bicyclic) bond motifs is 1. The van der Waals surface area contributed by atoms with Crippen LogP contribution in [0.15, 0.2) is 24.4 Å². The maximum atomic E-state index is 11.8. The molecule has 5 nitrogen and oxygen atoms in total. The summed E-state index contributed by atoms with van der Waals surface area (Å²) in [5, 5.41) is 7.13. The number of nitrogens with zero attached hydrogens (tertiary/aromatic N) is 1. The van der Waals surface area contributed by atoms with Gasteiger partial charge in [-0.2, -0.15) is 18.3 Å². The number of rotatable bonds is 3. The molecule has 0 saturated heterocycles. The lowest BCUT2D eigenvalue weighted by atomic mass is 10.1. The number of carbonyl (C=O) groups is 1. The molecule has 0 aliphatic carbocycles. The number of carbonyl (C=O) groups excluding carboxylic acids is 1. The van der Waals surface area contributed by atoms with Gasteiger partial charge in [0.25, 0.3) is 5.91 Å². The zero-order valence-electron chi connectivity index (χ0n) is 8.91. The minimum Gasteiger partial charge on any atom is -0.278 e. The van der Waals surface area contributed by atoms with Crippen LogP contribution in [0.5, 0.6) is 0 Å². The van der Waals surface area contributed by atoms with E-state index in [9.17, 15) is 18.0 Å². The van der Waals surface area contributed by atoms with Crippen molar-refractivity contribution in [3.63, 3.8) is 0 Å². The molecule has 0 bridgehead atoms. The van der Waals surface area contributed by atoms with Crippen LogP contribution in [0.2, 0.25) is 0 Å². The Bertz CT molecular complexity index is 565. The normalized spacial score (nSPS) is 11.7. The summed E-state index contributed by atoms with van der Waals surface area (Å²) in [6.45, 7) is -1.54. The fourth-order valence-corrected chi connectivity index (χ4v) is 1.33. The standard InChI is InChI=1S/C10H8F3N3O2/c11-10(12,13)5-18-16-9(17)6-1-2-8-7(3-6)4-14-15-8/h1-4H,5H2,(H,14,15)(H,16,17). The summed E-state index contributed by atoms with van der Waals surface area (Å²) < 4.78 is 35.4. The Balaban J connectivity index is 2.00. The van der Waals surface area contributed by atoms with Crippen LogP contribution in [0.3, 0.4) is 0 Å². The van der Waals surface area contributed by atoms with Crippen molar-refractivity contribution in [2.75, 3.05) is 6.61 Å². The number of nitrogens with one attached hydrogen (secondary N) is 2. The lowest BCUT2D eigenvalue weighted by molar-refractivity contribution is -0.184. The molecule has 0 unspecified atom stereocenters. The third kappa shape index (κ3) is 2.98. The molecule has 0 aliphatic heterocycles. The lowest BCUT2D eigenvalue weighted by Gasteiger charge is -2.08. The fraction of sp³-hybridized carbons (Fsp3) is 0.200. The number of aromatic amines is 1. The summed E-state index contributed by atoms with van der Waals surface area (Å²) in [5.74, 6) is -0.748. The Labute approximate surface area is 98.9 Å². The molecule has 0 saturated carbocycles. The van der Waals surface area contributed by atoms with Gasteiger partial charge in [-0.15, -0.1) is 0 Å². The maximum absolute atomic E-state index is 11.8. The van der Waals surface area contributed by atoms with Crippen molar-refractivity contribution < 1.29 is 22.8 Å². The molecule has 0 spiro atoms. The third-order valence-electron chi connectivity index (χ3n) is 2.10. The Hall–Kier alpha value is -2.09. The van der Waals surface area contributed by atoms with E-state index in [1.807, 2.05) is 0 Å². The van der Waals surface area contributed by atoms with Crippen molar-refractivity contribution in [3.8, 4) is 0 Å². The number of alkyl halides is 3. The number of hydroxylamine groups is 1. The van der Waals surface area contributed by atoms with E-state index in [-0.39, 0.29) is 5.56 Å². The second-order valence-corrected chi connectivity index (χ2v) is 3.51. The SMILES string of the molecule is O=C(NOCC(F)(F)F)c1ccc2[nH]ncc2c1. The van der Waals surface area contributed by atoms with E-state index in [1.54, 1.807) is 11.5 Å². The first-order valence-electron chi connectivity index (χ1n) is 4.88.